The van der Waals surface area contributed by atoms with Gasteiger partial charge < -0.3 is 14.8 Å². The summed E-state index contributed by atoms with van der Waals surface area (Å²) >= 11 is 0. The van der Waals surface area contributed by atoms with Gasteiger partial charge in [-0.3, -0.25) is 9.69 Å². The molecule has 0 aliphatic carbocycles. The van der Waals surface area contributed by atoms with Crippen molar-refractivity contribution in [3.05, 3.63) is 48.4 Å². The van der Waals surface area contributed by atoms with Crippen LogP contribution in [0.4, 0.5) is 0 Å². The second-order valence-electron chi connectivity index (χ2n) is 6.16. The number of rotatable bonds is 4. The van der Waals surface area contributed by atoms with Gasteiger partial charge in [0.1, 0.15) is 18.1 Å². The molecule has 2 aliphatic rings. The summed E-state index contributed by atoms with van der Waals surface area (Å²) in [5.74, 6) is -0.925. The van der Waals surface area contributed by atoms with E-state index in [2.05, 4.69) is 22.3 Å². The maximum Gasteiger partial charge on any atom is 0.271 e. The van der Waals surface area contributed by atoms with E-state index in [1.807, 2.05) is 25.1 Å². The number of likely N-dealkylation sites (tertiary alicyclic amines) is 1. The molecule has 118 valence electrons. The fourth-order valence-corrected chi connectivity index (χ4v) is 3.36. The minimum absolute atomic E-state index is 0.0677. The first-order valence-corrected chi connectivity index (χ1v) is 7.59. The molecule has 1 atom stereocenters. The lowest BCUT2D eigenvalue weighted by Gasteiger charge is -2.41. The number of nitrogens with one attached hydrogen (secondary N) is 1. The van der Waals surface area contributed by atoms with Crippen molar-refractivity contribution in [1.82, 2.24) is 10.2 Å². The highest BCUT2D eigenvalue weighted by molar-refractivity contribution is 5.74. The van der Waals surface area contributed by atoms with Crippen LogP contribution in [0.3, 0.4) is 0 Å². The zero-order valence-corrected chi connectivity index (χ0v) is 13.0. The summed E-state index contributed by atoms with van der Waals surface area (Å²) in [6.45, 7) is 5.85. The third-order valence-corrected chi connectivity index (χ3v) is 4.52. The van der Waals surface area contributed by atoms with E-state index in [4.69, 9.17) is 9.47 Å². The summed E-state index contributed by atoms with van der Waals surface area (Å²) in [4.78, 5) is 14.0. The van der Waals surface area contributed by atoms with Gasteiger partial charge in [-0.1, -0.05) is 30.3 Å². The summed E-state index contributed by atoms with van der Waals surface area (Å²) in [5, 5.41) is 3.08. The highest BCUT2D eigenvalue weighted by atomic mass is 16.7. The van der Waals surface area contributed by atoms with Crippen molar-refractivity contribution in [2.24, 2.45) is 0 Å². The molecule has 2 aliphatic heterocycles. The topological polar surface area (TPSA) is 50.8 Å². The zero-order chi connectivity index (χ0) is 15.6. The van der Waals surface area contributed by atoms with Crippen LogP contribution in [0.1, 0.15) is 25.8 Å². The third kappa shape index (κ3) is 2.68. The molecule has 0 aromatic heterocycles. The Morgan fingerprint density at radius 2 is 1.95 bits per heavy atom. The van der Waals surface area contributed by atoms with Crippen LogP contribution in [-0.4, -0.2) is 35.2 Å². The van der Waals surface area contributed by atoms with Gasteiger partial charge in [-0.25, -0.2) is 0 Å². The molecule has 5 heteroatoms. The predicted octanol–water partition coefficient (Wildman–Crippen LogP) is 2.00. The van der Waals surface area contributed by atoms with Crippen molar-refractivity contribution < 1.29 is 14.3 Å². The van der Waals surface area contributed by atoms with E-state index in [1.54, 1.807) is 12.5 Å². The minimum atomic E-state index is -0.857. The summed E-state index contributed by atoms with van der Waals surface area (Å²) in [7, 11) is 0. The lowest BCUT2D eigenvalue weighted by Crippen LogP contribution is -2.64. The molecule has 0 radical (unpaired) electrons. The Balaban J connectivity index is 1.76. The van der Waals surface area contributed by atoms with Crippen LogP contribution in [0.15, 0.2) is 42.9 Å². The lowest BCUT2D eigenvalue weighted by molar-refractivity contribution is -0.186. The molecule has 1 amide bonds. The maximum absolute atomic E-state index is 11.7. The molecule has 0 spiro atoms. The van der Waals surface area contributed by atoms with E-state index in [-0.39, 0.29) is 5.91 Å². The normalized spacial score (nSPS) is 26.5. The van der Waals surface area contributed by atoms with Gasteiger partial charge in [0.25, 0.3) is 5.79 Å². The van der Waals surface area contributed by atoms with Gasteiger partial charge in [0.15, 0.2) is 0 Å². The molecule has 1 aromatic rings. The number of hydrogen-bond acceptors (Lipinski definition) is 4. The number of amides is 1. The molecule has 3 rings (SSSR count). The van der Waals surface area contributed by atoms with Crippen LogP contribution in [0.25, 0.3) is 0 Å². The first kappa shape index (κ1) is 14.9. The van der Waals surface area contributed by atoms with Crippen LogP contribution < -0.4 is 5.32 Å². The SMILES string of the molecule is CC(=O)N[C@]1(C2(C)OC=CO2)CCN(Cc2ccccc2)C1. The predicted molar refractivity (Wildman–Crippen MR) is 82.6 cm³/mol. The lowest BCUT2D eigenvalue weighted by atomic mass is 9.88. The molecular weight excluding hydrogens is 280 g/mol. The molecule has 2 heterocycles. The van der Waals surface area contributed by atoms with Crippen molar-refractivity contribution >= 4 is 5.91 Å². The Kier molecular flexibility index (Phi) is 3.83. The molecule has 0 bridgehead atoms. The summed E-state index contributed by atoms with van der Waals surface area (Å²) in [5.41, 5.74) is 0.717. The van der Waals surface area contributed by atoms with E-state index < -0.39 is 11.3 Å². The molecule has 1 N–H and O–H groups in total. The van der Waals surface area contributed by atoms with Gasteiger partial charge in [0, 0.05) is 33.5 Å². The van der Waals surface area contributed by atoms with Crippen LogP contribution in [0.2, 0.25) is 0 Å². The molecule has 0 saturated carbocycles. The van der Waals surface area contributed by atoms with Crippen molar-refractivity contribution in [2.75, 3.05) is 13.1 Å². The van der Waals surface area contributed by atoms with Crippen molar-refractivity contribution in [2.45, 2.75) is 38.1 Å². The number of ether oxygens (including phenoxy) is 2. The first-order valence-electron chi connectivity index (χ1n) is 7.59. The van der Waals surface area contributed by atoms with Gasteiger partial charge in [-0.05, 0) is 12.0 Å². The van der Waals surface area contributed by atoms with Crippen molar-refractivity contribution in [3.63, 3.8) is 0 Å². The quantitative estimate of drug-likeness (QED) is 0.924. The number of carbonyl (C=O) groups excluding carboxylic acids is 1. The van der Waals surface area contributed by atoms with Gasteiger partial charge in [0.2, 0.25) is 5.91 Å². The number of hydrogen-bond donors (Lipinski definition) is 1. The third-order valence-electron chi connectivity index (χ3n) is 4.52. The highest BCUT2D eigenvalue weighted by Crippen LogP contribution is 2.39. The van der Waals surface area contributed by atoms with Gasteiger partial charge in [-0.15, -0.1) is 0 Å². The molecule has 1 saturated heterocycles. The van der Waals surface area contributed by atoms with Crippen molar-refractivity contribution in [3.8, 4) is 0 Å². The molecular formula is C17H22N2O3. The van der Waals surface area contributed by atoms with Crippen LogP contribution >= 0.6 is 0 Å². The molecule has 22 heavy (non-hydrogen) atoms. The van der Waals surface area contributed by atoms with E-state index >= 15 is 0 Å². The van der Waals surface area contributed by atoms with Gasteiger partial charge in [0.05, 0.1) is 0 Å². The molecule has 5 nitrogen and oxygen atoms in total. The fraction of sp³-hybridized carbons (Fsp3) is 0.471. The minimum Gasteiger partial charge on any atom is -0.455 e. The standard InChI is InChI=1S/C17H22N2O3/c1-14(20)18-17(16(2)21-10-11-22-16)8-9-19(13-17)12-15-6-4-3-5-7-15/h3-7,10-11H,8-9,12-13H2,1-2H3,(H,18,20)/t17-/m1/s1. The van der Waals surface area contributed by atoms with E-state index in [0.29, 0.717) is 6.54 Å². The van der Waals surface area contributed by atoms with E-state index in [1.165, 1.54) is 12.5 Å². The number of carbonyl (C=O) groups is 1. The second-order valence-corrected chi connectivity index (χ2v) is 6.16. The maximum atomic E-state index is 11.7. The Bertz CT molecular complexity index is 565. The average Bonchev–Trinajstić information content (AvgIpc) is 3.09. The number of nitrogens with zero attached hydrogens (tertiary/aromatic N) is 1. The number of benzene rings is 1. The van der Waals surface area contributed by atoms with Crippen LogP contribution in [0, 0.1) is 0 Å². The molecule has 1 aromatic carbocycles. The summed E-state index contributed by atoms with van der Waals surface area (Å²) in [6.07, 6.45) is 3.88. The Hall–Kier alpha value is -2.01. The van der Waals surface area contributed by atoms with E-state index in [9.17, 15) is 4.79 Å². The smallest absolute Gasteiger partial charge is 0.271 e. The average molecular weight is 302 g/mol. The van der Waals surface area contributed by atoms with Gasteiger partial charge in [-0.2, -0.15) is 0 Å². The van der Waals surface area contributed by atoms with Crippen LogP contribution in [-0.2, 0) is 20.8 Å². The summed E-state index contributed by atoms with van der Waals surface area (Å²) < 4.78 is 11.4. The summed E-state index contributed by atoms with van der Waals surface area (Å²) in [6, 6.07) is 10.3. The highest BCUT2D eigenvalue weighted by Gasteiger charge is 2.57. The zero-order valence-electron chi connectivity index (χ0n) is 13.0. The van der Waals surface area contributed by atoms with Crippen LogP contribution in [0.5, 0.6) is 0 Å². The molecule has 0 unspecified atom stereocenters. The second kappa shape index (κ2) is 5.65. The Morgan fingerprint density at radius 3 is 2.59 bits per heavy atom. The Labute approximate surface area is 130 Å². The Morgan fingerprint density at radius 1 is 1.27 bits per heavy atom. The van der Waals surface area contributed by atoms with Gasteiger partial charge >= 0.3 is 0 Å². The molecule has 1 fully saturated rings. The fourth-order valence-electron chi connectivity index (χ4n) is 3.36. The van der Waals surface area contributed by atoms with E-state index in [0.717, 1.165) is 19.5 Å². The monoisotopic (exact) mass is 302 g/mol. The largest absolute Gasteiger partial charge is 0.455 e. The first-order chi connectivity index (χ1) is 10.5. The van der Waals surface area contributed by atoms with Crippen molar-refractivity contribution in [1.29, 1.82) is 0 Å².